The van der Waals surface area contributed by atoms with Gasteiger partial charge in [0.2, 0.25) is 5.91 Å². The molecule has 3 rings (SSSR count). The lowest BCUT2D eigenvalue weighted by molar-refractivity contribution is -0.144. The van der Waals surface area contributed by atoms with E-state index in [-0.39, 0.29) is 17.7 Å². The minimum absolute atomic E-state index is 0.101. The van der Waals surface area contributed by atoms with Gasteiger partial charge in [-0.05, 0) is 30.9 Å². The van der Waals surface area contributed by atoms with Crippen molar-refractivity contribution in [3.8, 4) is 0 Å². The molecule has 2 N–H and O–H groups in total. The molecule has 7 heteroatoms. The van der Waals surface area contributed by atoms with Gasteiger partial charge in [-0.1, -0.05) is 32.4 Å². The van der Waals surface area contributed by atoms with Crippen molar-refractivity contribution >= 4 is 29.0 Å². The van der Waals surface area contributed by atoms with Gasteiger partial charge in [0.15, 0.2) is 5.58 Å². The van der Waals surface area contributed by atoms with E-state index >= 15 is 0 Å². The molecule has 1 aliphatic heterocycles. The second-order valence-corrected chi connectivity index (χ2v) is 6.94. The lowest BCUT2D eigenvalue weighted by atomic mass is 9.94. The second-order valence-electron chi connectivity index (χ2n) is 6.94. The van der Waals surface area contributed by atoms with Gasteiger partial charge in [-0.3, -0.25) is 4.79 Å². The fraction of sp³-hybridized carbons (Fsp3) is 0.526. The Bertz CT molecular complexity index is 747. The average Bonchev–Trinajstić information content (AvgIpc) is 3.09. The van der Waals surface area contributed by atoms with Crippen LogP contribution in [0, 0.1) is 11.8 Å². The zero-order valence-electron chi connectivity index (χ0n) is 15.1. The van der Waals surface area contributed by atoms with E-state index in [9.17, 15) is 14.7 Å². The maximum absolute atomic E-state index is 12.5. The number of nitrogens with zero attached hydrogens (tertiary/aromatic N) is 2. The number of amides is 1. The molecule has 0 spiro atoms. The maximum Gasteiger partial charge on any atom is 0.326 e. The van der Waals surface area contributed by atoms with Crippen molar-refractivity contribution in [3.05, 3.63) is 24.3 Å². The monoisotopic (exact) mass is 359 g/mol. The molecule has 0 radical (unpaired) electrons. The van der Waals surface area contributed by atoms with Gasteiger partial charge in [0.1, 0.15) is 11.6 Å². The van der Waals surface area contributed by atoms with Crippen LogP contribution in [-0.4, -0.2) is 41.1 Å². The number of rotatable bonds is 6. The van der Waals surface area contributed by atoms with E-state index < -0.39 is 12.0 Å². The molecule has 7 nitrogen and oxygen atoms in total. The molecule has 1 aliphatic rings. The van der Waals surface area contributed by atoms with Gasteiger partial charge >= 0.3 is 5.97 Å². The number of aromatic nitrogens is 1. The van der Waals surface area contributed by atoms with Crippen molar-refractivity contribution in [1.82, 2.24) is 10.3 Å². The van der Waals surface area contributed by atoms with Crippen LogP contribution in [0.2, 0.25) is 0 Å². The molecule has 0 unspecified atom stereocenters. The van der Waals surface area contributed by atoms with E-state index in [2.05, 4.69) is 10.3 Å². The van der Waals surface area contributed by atoms with Crippen LogP contribution < -0.4 is 10.2 Å². The minimum atomic E-state index is -0.975. The number of hydrogen-bond donors (Lipinski definition) is 2. The Kier molecular flexibility index (Phi) is 5.44. The van der Waals surface area contributed by atoms with Crippen molar-refractivity contribution in [2.45, 2.75) is 39.2 Å². The average molecular weight is 359 g/mol. The number of piperidine rings is 1. The van der Waals surface area contributed by atoms with Gasteiger partial charge in [0.05, 0.1) is 0 Å². The highest BCUT2D eigenvalue weighted by atomic mass is 16.4. The normalized spacial score (nSPS) is 17.8. The number of hydrogen-bond acceptors (Lipinski definition) is 5. The number of oxazole rings is 1. The van der Waals surface area contributed by atoms with Gasteiger partial charge < -0.3 is 19.7 Å². The van der Waals surface area contributed by atoms with Crippen LogP contribution in [-0.2, 0) is 9.59 Å². The molecular formula is C19H25N3O4. The molecule has 2 atom stereocenters. The number of carboxylic acid groups (broad SMARTS) is 1. The Labute approximate surface area is 152 Å². The van der Waals surface area contributed by atoms with Crippen LogP contribution >= 0.6 is 0 Å². The fourth-order valence-electron chi connectivity index (χ4n) is 3.28. The Morgan fingerprint density at radius 1 is 1.35 bits per heavy atom. The lowest BCUT2D eigenvalue weighted by Crippen LogP contribution is -2.49. The number of carbonyl (C=O) groups excluding carboxylic acids is 1. The van der Waals surface area contributed by atoms with E-state index in [1.807, 2.05) is 43.0 Å². The van der Waals surface area contributed by atoms with E-state index in [0.29, 0.717) is 38.4 Å². The van der Waals surface area contributed by atoms with Crippen LogP contribution in [0.3, 0.4) is 0 Å². The first kappa shape index (κ1) is 18.2. The molecule has 1 aromatic carbocycles. The van der Waals surface area contributed by atoms with Crippen LogP contribution in [0.5, 0.6) is 0 Å². The predicted octanol–water partition coefficient (Wildman–Crippen LogP) is 2.66. The molecule has 1 amide bonds. The first-order valence-electron chi connectivity index (χ1n) is 9.13. The molecule has 1 aromatic heterocycles. The van der Waals surface area contributed by atoms with Gasteiger partial charge in [-0.25, -0.2) is 4.79 Å². The molecule has 26 heavy (non-hydrogen) atoms. The quantitative estimate of drug-likeness (QED) is 0.823. The highest BCUT2D eigenvalue weighted by Crippen LogP contribution is 2.26. The summed E-state index contributed by atoms with van der Waals surface area (Å²) in [5.41, 5.74) is 1.57. The van der Waals surface area contributed by atoms with E-state index in [1.54, 1.807) is 0 Å². The van der Waals surface area contributed by atoms with Crippen LogP contribution in [0.1, 0.15) is 33.1 Å². The summed E-state index contributed by atoms with van der Waals surface area (Å²) in [5.74, 6) is -1.43. The van der Waals surface area contributed by atoms with Gasteiger partial charge in [-0.2, -0.15) is 4.98 Å². The SMILES string of the molecule is CC[C@H](C)[C@H](NC(=O)C1CCN(c2nc3ccccc3o2)CC1)C(=O)O. The molecule has 2 heterocycles. The Balaban J connectivity index is 1.59. The van der Waals surface area contributed by atoms with Crippen molar-refractivity contribution in [2.75, 3.05) is 18.0 Å². The molecule has 0 saturated carbocycles. The van der Waals surface area contributed by atoms with Crippen molar-refractivity contribution in [1.29, 1.82) is 0 Å². The molecular weight excluding hydrogens is 334 g/mol. The van der Waals surface area contributed by atoms with Crippen LogP contribution in [0.25, 0.3) is 11.1 Å². The highest BCUT2D eigenvalue weighted by molar-refractivity contribution is 5.85. The van der Waals surface area contributed by atoms with E-state index in [4.69, 9.17) is 4.42 Å². The van der Waals surface area contributed by atoms with Gasteiger partial charge in [-0.15, -0.1) is 0 Å². The smallest absolute Gasteiger partial charge is 0.326 e. The van der Waals surface area contributed by atoms with Crippen LogP contribution in [0.15, 0.2) is 28.7 Å². The number of fused-ring (bicyclic) bond motifs is 1. The molecule has 1 saturated heterocycles. The van der Waals surface area contributed by atoms with E-state index in [0.717, 1.165) is 11.1 Å². The number of carbonyl (C=O) groups is 2. The number of anilines is 1. The fourth-order valence-corrected chi connectivity index (χ4v) is 3.28. The summed E-state index contributed by atoms with van der Waals surface area (Å²) < 4.78 is 5.78. The lowest BCUT2D eigenvalue weighted by Gasteiger charge is -2.31. The summed E-state index contributed by atoms with van der Waals surface area (Å²) in [6.45, 7) is 5.08. The van der Waals surface area contributed by atoms with Crippen LogP contribution in [0.4, 0.5) is 6.01 Å². The Hall–Kier alpha value is -2.57. The molecule has 2 aromatic rings. The molecule has 0 bridgehead atoms. The highest BCUT2D eigenvalue weighted by Gasteiger charge is 2.31. The standard InChI is InChI=1S/C19H25N3O4/c1-3-12(2)16(18(24)25)21-17(23)13-8-10-22(11-9-13)19-20-14-6-4-5-7-15(14)26-19/h4-7,12-13,16H,3,8-11H2,1-2H3,(H,21,23)(H,24,25)/t12-,16-/m0/s1. The summed E-state index contributed by atoms with van der Waals surface area (Å²) in [6.07, 6.45) is 2.00. The topological polar surface area (TPSA) is 95.7 Å². The first-order chi connectivity index (χ1) is 12.5. The summed E-state index contributed by atoms with van der Waals surface area (Å²) in [4.78, 5) is 30.4. The summed E-state index contributed by atoms with van der Waals surface area (Å²) >= 11 is 0. The summed E-state index contributed by atoms with van der Waals surface area (Å²) in [7, 11) is 0. The number of para-hydroxylation sites is 2. The number of nitrogens with one attached hydrogen (secondary N) is 1. The first-order valence-corrected chi connectivity index (χ1v) is 9.13. The third kappa shape index (κ3) is 3.81. The maximum atomic E-state index is 12.5. The van der Waals surface area contributed by atoms with Crippen molar-refractivity contribution in [2.24, 2.45) is 11.8 Å². The Morgan fingerprint density at radius 3 is 2.65 bits per heavy atom. The molecule has 1 fully saturated rings. The Morgan fingerprint density at radius 2 is 2.04 bits per heavy atom. The third-order valence-electron chi connectivity index (χ3n) is 5.20. The molecule has 0 aliphatic carbocycles. The number of carboxylic acids is 1. The summed E-state index contributed by atoms with van der Waals surface area (Å²) in [6, 6.07) is 7.36. The number of aliphatic carboxylic acids is 1. The largest absolute Gasteiger partial charge is 0.480 e. The number of benzene rings is 1. The van der Waals surface area contributed by atoms with Gasteiger partial charge in [0, 0.05) is 19.0 Å². The van der Waals surface area contributed by atoms with Crippen molar-refractivity contribution in [3.63, 3.8) is 0 Å². The van der Waals surface area contributed by atoms with Gasteiger partial charge in [0.25, 0.3) is 6.01 Å². The van der Waals surface area contributed by atoms with E-state index in [1.165, 1.54) is 0 Å². The predicted molar refractivity (Wildman–Crippen MR) is 98.0 cm³/mol. The third-order valence-corrected chi connectivity index (χ3v) is 5.20. The zero-order valence-corrected chi connectivity index (χ0v) is 15.1. The minimum Gasteiger partial charge on any atom is -0.480 e. The molecule has 140 valence electrons. The zero-order chi connectivity index (χ0) is 18.7. The van der Waals surface area contributed by atoms with Crippen molar-refractivity contribution < 1.29 is 19.1 Å². The second kappa shape index (κ2) is 7.76. The summed E-state index contributed by atoms with van der Waals surface area (Å²) in [5, 5.41) is 12.1.